The van der Waals surface area contributed by atoms with E-state index in [2.05, 4.69) is 15.3 Å². The van der Waals surface area contributed by atoms with E-state index in [1.54, 1.807) is 18.2 Å². The summed E-state index contributed by atoms with van der Waals surface area (Å²) in [5, 5.41) is 3.18. The third-order valence-corrected chi connectivity index (χ3v) is 7.81. The number of hydrogen-bond donors (Lipinski definition) is 1. The number of alkyl halides is 3. The molecular weight excluding hydrogens is 503 g/mol. The number of rotatable bonds is 4. The van der Waals surface area contributed by atoms with Crippen molar-refractivity contribution in [2.45, 2.75) is 11.1 Å². The van der Waals surface area contributed by atoms with E-state index in [-0.39, 0.29) is 10.5 Å². The summed E-state index contributed by atoms with van der Waals surface area (Å²) in [6, 6.07) is 11.2. The van der Waals surface area contributed by atoms with Crippen LogP contribution in [0.3, 0.4) is 0 Å². The van der Waals surface area contributed by atoms with Gasteiger partial charge in [0, 0.05) is 37.9 Å². The molecule has 1 saturated heterocycles. The summed E-state index contributed by atoms with van der Waals surface area (Å²) in [4.78, 5) is 10.7. The topological polar surface area (TPSA) is 80.1 Å². The van der Waals surface area contributed by atoms with E-state index in [0.29, 0.717) is 48.5 Å². The number of piperazine rings is 1. The number of fused-ring (bicyclic) bond motifs is 1. The van der Waals surface area contributed by atoms with E-state index in [0.717, 1.165) is 10.0 Å². The molecule has 1 aliphatic rings. The quantitative estimate of drug-likeness (QED) is 0.428. The molecule has 0 amide bonds. The predicted molar refractivity (Wildman–Crippen MR) is 127 cm³/mol. The van der Waals surface area contributed by atoms with Gasteiger partial charge in [0.15, 0.2) is 5.65 Å². The number of nitrogens with one attached hydrogen (secondary N) is 1. The lowest BCUT2D eigenvalue weighted by Gasteiger charge is -2.29. The smallest absolute Gasteiger partial charge is 0.353 e. The SMILES string of the molecule is O=S(=O)(c1ccccc1)n1cc(-c2ccc(C(F)(F)F)c(Cl)c2)c2c(N3CCNCC3)ncnc21. The summed E-state index contributed by atoms with van der Waals surface area (Å²) in [5.74, 6) is 0.504. The van der Waals surface area contributed by atoms with Crippen LogP contribution in [0, 0.1) is 0 Å². The van der Waals surface area contributed by atoms with Gasteiger partial charge in [0.1, 0.15) is 12.1 Å². The third-order valence-electron chi connectivity index (χ3n) is 5.83. The Balaban J connectivity index is 1.78. The van der Waals surface area contributed by atoms with Crippen LogP contribution in [0.1, 0.15) is 5.56 Å². The van der Waals surface area contributed by atoms with Gasteiger partial charge >= 0.3 is 6.18 Å². The van der Waals surface area contributed by atoms with Crippen molar-refractivity contribution in [3.05, 3.63) is 71.6 Å². The van der Waals surface area contributed by atoms with Gasteiger partial charge in [0.25, 0.3) is 10.0 Å². The van der Waals surface area contributed by atoms with Crippen molar-refractivity contribution in [2.75, 3.05) is 31.1 Å². The summed E-state index contributed by atoms with van der Waals surface area (Å²) in [5.41, 5.74) is -0.156. The highest BCUT2D eigenvalue weighted by Gasteiger charge is 2.34. The van der Waals surface area contributed by atoms with Gasteiger partial charge in [-0.15, -0.1) is 0 Å². The van der Waals surface area contributed by atoms with E-state index >= 15 is 0 Å². The second kappa shape index (κ2) is 8.81. The first-order valence-corrected chi connectivity index (χ1v) is 12.5. The van der Waals surface area contributed by atoms with Crippen LogP contribution in [0.4, 0.5) is 19.0 Å². The van der Waals surface area contributed by atoms with E-state index < -0.39 is 26.8 Å². The minimum atomic E-state index is -4.62. The van der Waals surface area contributed by atoms with Crippen molar-refractivity contribution in [1.29, 1.82) is 0 Å². The molecular formula is C23H19ClF3N5O2S. The number of nitrogens with zero attached hydrogens (tertiary/aromatic N) is 4. The highest BCUT2D eigenvalue weighted by Crippen LogP contribution is 2.41. The zero-order valence-electron chi connectivity index (χ0n) is 18.1. The van der Waals surface area contributed by atoms with Crippen LogP contribution in [0.2, 0.25) is 5.02 Å². The molecule has 0 radical (unpaired) electrons. The maximum absolute atomic E-state index is 13.5. The van der Waals surface area contributed by atoms with Gasteiger partial charge < -0.3 is 10.2 Å². The zero-order valence-corrected chi connectivity index (χ0v) is 19.7. The van der Waals surface area contributed by atoms with Gasteiger partial charge in [-0.1, -0.05) is 35.9 Å². The average Bonchev–Trinajstić information content (AvgIpc) is 3.25. The van der Waals surface area contributed by atoms with Gasteiger partial charge in [-0.05, 0) is 29.8 Å². The minimum absolute atomic E-state index is 0.0521. The van der Waals surface area contributed by atoms with Crippen LogP contribution in [-0.2, 0) is 16.2 Å². The summed E-state index contributed by atoms with van der Waals surface area (Å²) < 4.78 is 68.0. The molecule has 2 aromatic heterocycles. The van der Waals surface area contributed by atoms with Crippen LogP contribution in [-0.4, -0.2) is 48.5 Å². The van der Waals surface area contributed by atoms with Gasteiger partial charge in [-0.2, -0.15) is 13.2 Å². The van der Waals surface area contributed by atoms with Crippen LogP contribution in [0.25, 0.3) is 22.2 Å². The fraction of sp³-hybridized carbons (Fsp3) is 0.217. The Labute approximate surface area is 204 Å². The molecule has 0 unspecified atom stereocenters. The summed E-state index contributed by atoms with van der Waals surface area (Å²) in [6.07, 6.45) is -1.96. The molecule has 2 aromatic carbocycles. The zero-order chi connectivity index (χ0) is 24.8. The molecule has 182 valence electrons. The van der Waals surface area contributed by atoms with Crippen molar-refractivity contribution < 1.29 is 21.6 Å². The first-order valence-electron chi connectivity index (χ1n) is 10.7. The number of halogens is 4. The summed E-state index contributed by atoms with van der Waals surface area (Å²) in [7, 11) is -4.06. The summed E-state index contributed by atoms with van der Waals surface area (Å²) >= 11 is 6.00. The average molecular weight is 522 g/mol. The number of anilines is 1. The second-order valence-corrected chi connectivity index (χ2v) is 10.2. The van der Waals surface area contributed by atoms with Crippen molar-refractivity contribution in [3.8, 4) is 11.1 Å². The molecule has 0 bridgehead atoms. The Morgan fingerprint density at radius 1 is 1.00 bits per heavy atom. The second-order valence-electron chi connectivity index (χ2n) is 7.98. The Kier molecular flexibility index (Phi) is 5.94. The Morgan fingerprint density at radius 2 is 1.71 bits per heavy atom. The lowest BCUT2D eigenvalue weighted by molar-refractivity contribution is -0.137. The first-order chi connectivity index (χ1) is 16.7. The van der Waals surface area contributed by atoms with Crippen molar-refractivity contribution in [1.82, 2.24) is 19.3 Å². The highest BCUT2D eigenvalue weighted by molar-refractivity contribution is 7.90. The monoisotopic (exact) mass is 521 g/mol. The molecule has 4 aromatic rings. The van der Waals surface area contributed by atoms with Crippen molar-refractivity contribution >= 4 is 38.5 Å². The molecule has 0 spiro atoms. The molecule has 1 N–H and O–H groups in total. The molecule has 0 atom stereocenters. The molecule has 0 aliphatic carbocycles. The number of hydrogen-bond acceptors (Lipinski definition) is 6. The molecule has 7 nitrogen and oxygen atoms in total. The van der Waals surface area contributed by atoms with Crippen molar-refractivity contribution in [3.63, 3.8) is 0 Å². The Bertz CT molecular complexity index is 1500. The van der Waals surface area contributed by atoms with E-state index in [1.165, 1.54) is 36.8 Å². The molecule has 12 heteroatoms. The molecule has 1 aliphatic heterocycles. The fourth-order valence-electron chi connectivity index (χ4n) is 4.16. The lowest BCUT2D eigenvalue weighted by Crippen LogP contribution is -2.44. The molecule has 1 fully saturated rings. The van der Waals surface area contributed by atoms with Crippen LogP contribution in [0.5, 0.6) is 0 Å². The van der Waals surface area contributed by atoms with Gasteiger partial charge in [-0.25, -0.2) is 22.4 Å². The van der Waals surface area contributed by atoms with Crippen LogP contribution in [0.15, 0.2) is 66.0 Å². The van der Waals surface area contributed by atoms with E-state index in [4.69, 9.17) is 11.6 Å². The van der Waals surface area contributed by atoms with Gasteiger partial charge in [-0.3, -0.25) is 0 Å². The van der Waals surface area contributed by atoms with Crippen LogP contribution >= 0.6 is 11.6 Å². The largest absolute Gasteiger partial charge is 0.417 e. The molecule has 0 saturated carbocycles. The van der Waals surface area contributed by atoms with Crippen molar-refractivity contribution in [2.24, 2.45) is 0 Å². The molecule has 3 heterocycles. The first kappa shape index (κ1) is 23.6. The molecule has 35 heavy (non-hydrogen) atoms. The lowest BCUT2D eigenvalue weighted by atomic mass is 10.0. The maximum atomic E-state index is 13.5. The number of aromatic nitrogens is 3. The fourth-order valence-corrected chi connectivity index (χ4v) is 5.78. The molecule has 5 rings (SSSR count). The summed E-state index contributed by atoms with van der Waals surface area (Å²) in [6.45, 7) is 2.65. The Hall–Kier alpha value is -3.15. The maximum Gasteiger partial charge on any atom is 0.417 e. The third kappa shape index (κ3) is 4.24. The Morgan fingerprint density at radius 3 is 2.37 bits per heavy atom. The van der Waals surface area contributed by atoms with Gasteiger partial charge in [0.05, 0.1) is 20.9 Å². The van der Waals surface area contributed by atoms with E-state index in [1.807, 2.05) is 4.90 Å². The van der Waals surface area contributed by atoms with Crippen LogP contribution < -0.4 is 10.2 Å². The van der Waals surface area contributed by atoms with E-state index in [9.17, 15) is 21.6 Å². The normalized spacial score (nSPS) is 15.0. The standard InChI is InChI=1S/C23H19ClF3N5O2S/c24-19-12-15(6-7-18(19)23(25,26)27)17-13-32(35(33,34)16-4-2-1-3-5-16)22-20(17)21(29-14-30-22)31-10-8-28-9-11-31/h1-7,12-14,28H,8-11H2. The highest BCUT2D eigenvalue weighted by atomic mass is 35.5. The number of benzene rings is 2. The predicted octanol–water partition coefficient (Wildman–Crippen LogP) is 4.42. The minimum Gasteiger partial charge on any atom is -0.353 e. The van der Waals surface area contributed by atoms with Gasteiger partial charge in [0.2, 0.25) is 0 Å².